The van der Waals surface area contributed by atoms with E-state index in [1.54, 1.807) is 41.1 Å². The molecule has 0 atom stereocenters. The van der Waals surface area contributed by atoms with Crippen molar-refractivity contribution in [2.45, 2.75) is 12.4 Å². The molecule has 0 aliphatic carbocycles. The van der Waals surface area contributed by atoms with Gasteiger partial charge in [0.2, 0.25) is 0 Å². The Balaban J connectivity index is 1.90. The summed E-state index contributed by atoms with van der Waals surface area (Å²) in [5.74, 6) is -0.532. The van der Waals surface area contributed by atoms with E-state index in [2.05, 4.69) is 14.3 Å². The van der Waals surface area contributed by atoms with Crippen molar-refractivity contribution in [1.82, 2.24) is 14.8 Å². The third-order valence-electron chi connectivity index (χ3n) is 4.84. The predicted molar refractivity (Wildman–Crippen MR) is 110 cm³/mol. The molecule has 0 aliphatic heterocycles. The zero-order chi connectivity index (χ0) is 22.4. The molecule has 4 aromatic rings. The molecule has 0 radical (unpaired) electrons. The Hall–Kier alpha value is -3.40. The molecule has 4 rings (SSSR count). The number of halogens is 3. The number of fused-ring (bicyclic) bond motifs is 1. The van der Waals surface area contributed by atoms with Gasteiger partial charge in [0.05, 0.1) is 17.4 Å². The smallest absolute Gasteiger partial charge is 0.374 e. The minimum absolute atomic E-state index is 0.422. The van der Waals surface area contributed by atoms with Crippen LogP contribution in [-0.2, 0) is 17.2 Å². The summed E-state index contributed by atoms with van der Waals surface area (Å²) in [6.45, 7) is 1.89. The van der Waals surface area contributed by atoms with E-state index in [0.717, 1.165) is 22.8 Å². The fraction of sp³-hybridized carbons (Fsp3) is 0.143. The molecule has 0 spiro atoms. The highest BCUT2D eigenvalue weighted by Crippen LogP contribution is 2.36. The summed E-state index contributed by atoms with van der Waals surface area (Å²) < 4.78 is 67.2. The Kier molecular flexibility index (Phi) is 4.97. The molecule has 10 heteroatoms. The molecule has 0 unspecified atom stereocenters. The summed E-state index contributed by atoms with van der Waals surface area (Å²) in [5, 5.41) is 5.25. The van der Waals surface area contributed by atoms with Crippen molar-refractivity contribution in [1.29, 1.82) is 0 Å². The standard InChI is InChI=1S/C21H16F3N3O3S/c1-13-17-10-15(8-9-19(17)26-27(13)2)18-11-16(30-31(28,29)21(22,23)24)12-25-20(18)14-6-4-3-5-7-14/h3-12H,1-2H3. The molecule has 0 N–H and O–H groups in total. The van der Waals surface area contributed by atoms with Crippen molar-refractivity contribution in [3.63, 3.8) is 0 Å². The van der Waals surface area contributed by atoms with Gasteiger partial charge in [-0.25, -0.2) is 0 Å². The second-order valence-electron chi connectivity index (χ2n) is 6.86. The molecule has 0 bridgehead atoms. The molecule has 0 fully saturated rings. The van der Waals surface area contributed by atoms with Crippen LogP contribution in [0.4, 0.5) is 13.2 Å². The SMILES string of the molecule is Cc1c2cc(-c3cc(OS(=O)(=O)C(F)(F)F)cnc3-c3ccccc3)ccc2nn1C. The lowest BCUT2D eigenvalue weighted by molar-refractivity contribution is -0.0500. The number of pyridine rings is 1. The number of nitrogens with zero attached hydrogens (tertiary/aromatic N) is 3. The van der Waals surface area contributed by atoms with Crippen LogP contribution in [0.1, 0.15) is 5.69 Å². The second-order valence-corrected chi connectivity index (χ2v) is 8.40. The lowest BCUT2D eigenvalue weighted by Gasteiger charge is -2.13. The van der Waals surface area contributed by atoms with E-state index in [0.29, 0.717) is 22.4 Å². The number of rotatable bonds is 4. The minimum Gasteiger partial charge on any atom is -0.374 e. The number of hydrogen-bond donors (Lipinski definition) is 0. The maximum Gasteiger partial charge on any atom is 0.534 e. The fourth-order valence-electron chi connectivity index (χ4n) is 3.20. The molecular formula is C21H16F3N3O3S. The number of aromatic nitrogens is 3. The van der Waals surface area contributed by atoms with E-state index in [1.807, 2.05) is 26.1 Å². The molecule has 2 aromatic heterocycles. The van der Waals surface area contributed by atoms with Crippen molar-refractivity contribution < 1.29 is 25.8 Å². The maximum atomic E-state index is 12.8. The quantitative estimate of drug-likeness (QED) is 0.331. The lowest BCUT2D eigenvalue weighted by atomic mass is 9.98. The van der Waals surface area contributed by atoms with Gasteiger partial charge in [-0.05, 0) is 30.7 Å². The van der Waals surface area contributed by atoms with Crippen LogP contribution >= 0.6 is 0 Å². The van der Waals surface area contributed by atoms with Crippen molar-refractivity contribution in [2.24, 2.45) is 7.05 Å². The van der Waals surface area contributed by atoms with Gasteiger partial charge in [0.1, 0.15) is 0 Å². The van der Waals surface area contributed by atoms with Gasteiger partial charge >= 0.3 is 15.6 Å². The van der Waals surface area contributed by atoms with E-state index >= 15 is 0 Å². The van der Waals surface area contributed by atoms with Gasteiger partial charge < -0.3 is 4.18 Å². The first kappa shape index (κ1) is 20.9. The highest BCUT2D eigenvalue weighted by atomic mass is 32.2. The van der Waals surface area contributed by atoms with Gasteiger partial charge in [-0.3, -0.25) is 9.67 Å². The number of hydrogen-bond acceptors (Lipinski definition) is 5. The van der Waals surface area contributed by atoms with Crippen LogP contribution < -0.4 is 4.18 Å². The van der Waals surface area contributed by atoms with Crippen LogP contribution in [0, 0.1) is 6.92 Å². The maximum absolute atomic E-state index is 12.8. The van der Waals surface area contributed by atoms with E-state index in [9.17, 15) is 21.6 Å². The molecule has 6 nitrogen and oxygen atoms in total. The van der Waals surface area contributed by atoms with Crippen molar-refractivity contribution in [2.75, 3.05) is 0 Å². The minimum atomic E-state index is -5.82. The molecular weight excluding hydrogens is 431 g/mol. The second kappa shape index (κ2) is 7.38. The Labute approximate surface area is 176 Å². The first-order chi connectivity index (χ1) is 14.6. The first-order valence-electron chi connectivity index (χ1n) is 9.07. The van der Waals surface area contributed by atoms with Crippen molar-refractivity contribution in [3.8, 4) is 28.1 Å². The van der Waals surface area contributed by atoms with E-state index in [4.69, 9.17) is 0 Å². The van der Waals surface area contributed by atoms with Gasteiger partial charge in [-0.15, -0.1) is 0 Å². The lowest BCUT2D eigenvalue weighted by Crippen LogP contribution is -2.28. The van der Waals surface area contributed by atoms with Gasteiger partial charge in [0.15, 0.2) is 5.75 Å². The van der Waals surface area contributed by atoms with Gasteiger partial charge in [-0.2, -0.15) is 26.7 Å². The normalized spacial score (nSPS) is 12.3. The van der Waals surface area contributed by atoms with E-state index < -0.39 is 21.4 Å². The number of aryl methyl sites for hydroxylation is 2. The molecule has 160 valence electrons. The summed E-state index contributed by atoms with van der Waals surface area (Å²) >= 11 is 0. The predicted octanol–water partition coefficient (Wildman–Crippen LogP) is 4.84. The molecule has 0 saturated heterocycles. The van der Waals surface area contributed by atoms with Gasteiger partial charge in [0.25, 0.3) is 0 Å². The Bertz CT molecular complexity index is 1380. The van der Waals surface area contributed by atoms with Crippen LogP contribution in [0.3, 0.4) is 0 Å². The summed E-state index contributed by atoms with van der Waals surface area (Å²) in [6, 6.07) is 15.6. The number of benzene rings is 2. The Morgan fingerprint density at radius 1 is 1.00 bits per heavy atom. The highest BCUT2D eigenvalue weighted by molar-refractivity contribution is 7.88. The third-order valence-corrected chi connectivity index (χ3v) is 5.82. The van der Waals surface area contributed by atoms with Gasteiger partial charge in [0, 0.05) is 29.3 Å². The fourth-order valence-corrected chi connectivity index (χ4v) is 3.64. The Morgan fingerprint density at radius 3 is 2.39 bits per heavy atom. The molecule has 0 aliphatic rings. The van der Waals surface area contributed by atoms with Crippen LogP contribution in [0.5, 0.6) is 5.75 Å². The highest BCUT2D eigenvalue weighted by Gasteiger charge is 2.48. The zero-order valence-electron chi connectivity index (χ0n) is 16.4. The Morgan fingerprint density at radius 2 is 1.71 bits per heavy atom. The molecule has 0 amide bonds. The average Bonchev–Trinajstić information content (AvgIpc) is 3.01. The van der Waals surface area contributed by atoms with Crippen molar-refractivity contribution in [3.05, 3.63) is 66.5 Å². The van der Waals surface area contributed by atoms with Crippen LogP contribution in [0.2, 0.25) is 0 Å². The summed E-state index contributed by atoms with van der Waals surface area (Å²) in [5.41, 5.74) is -1.65. The molecule has 2 aromatic carbocycles. The van der Waals surface area contributed by atoms with Crippen LogP contribution in [0.25, 0.3) is 33.3 Å². The average molecular weight is 447 g/mol. The first-order valence-corrected chi connectivity index (χ1v) is 10.5. The van der Waals surface area contributed by atoms with E-state index in [1.165, 1.54) is 6.07 Å². The van der Waals surface area contributed by atoms with Crippen LogP contribution in [-0.4, -0.2) is 28.7 Å². The summed E-state index contributed by atoms with van der Waals surface area (Å²) in [4.78, 5) is 4.22. The number of alkyl halides is 3. The van der Waals surface area contributed by atoms with Gasteiger partial charge in [-0.1, -0.05) is 36.4 Å². The molecule has 31 heavy (non-hydrogen) atoms. The van der Waals surface area contributed by atoms with Crippen molar-refractivity contribution >= 4 is 21.0 Å². The monoisotopic (exact) mass is 447 g/mol. The van der Waals surface area contributed by atoms with E-state index in [-0.39, 0.29) is 0 Å². The molecule has 2 heterocycles. The summed E-state index contributed by atoms with van der Waals surface area (Å²) in [6.07, 6.45) is 0.961. The van der Waals surface area contributed by atoms with Crippen LogP contribution in [0.15, 0.2) is 60.8 Å². The topological polar surface area (TPSA) is 74.1 Å². The largest absolute Gasteiger partial charge is 0.534 e. The third kappa shape index (κ3) is 3.86. The summed E-state index contributed by atoms with van der Waals surface area (Å²) in [7, 11) is -4.01. The molecule has 0 saturated carbocycles. The zero-order valence-corrected chi connectivity index (χ0v) is 17.2.